The van der Waals surface area contributed by atoms with Gasteiger partial charge in [0.2, 0.25) is 0 Å². The number of aryl methyl sites for hydroxylation is 1. The van der Waals surface area contributed by atoms with Gasteiger partial charge in [-0.1, -0.05) is 0 Å². The topological polar surface area (TPSA) is 43.6 Å². The van der Waals surface area contributed by atoms with Crippen LogP contribution in [0.25, 0.3) is 0 Å². The second-order valence-electron chi connectivity index (χ2n) is 5.84. The highest BCUT2D eigenvalue weighted by Gasteiger charge is 2.43. The first-order valence-electron chi connectivity index (χ1n) is 7.16. The van der Waals surface area contributed by atoms with E-state index in [9.17, 15) is 0 Å². The molecule has 3 heterocycles. The van der Waals surface area contributed by atoms with Crippen molar-refractivity contribution in [3.05, 3.63) is 23.7 Å². The van der Waals surface area contributed by atoms with Crippen LogP contribution in [-0.2, 0) is 9.47 Å². The highest BCUT2D eigenvalue weighted by molar-refractivity contribution is 5.18. The molecule has 3 atom stereocenters. The molecule has 0 aromatic carbocycles. The first kappa shape index (κ1) is 13.2. The summed E-state index contributed by atoms with van der Waals surface area (Å²) in [6.07, 6.45) is 5.08. The molecule has 1 aromatic heterocycles. The minimum atomic E-state index is -0.0310. The Bertz CT molecular complexity index is 423. The molecule has 19 heavy (non-hydrogen) atoms. The standard InChI is InChI=1S/C15H23NO3/c1-11-7-13(9-18-11)14(16-2)12-3-5-19-15(8-12)4-6-17-10-15/h7,9,12,14,16H,3-6,8,10H2,1-2H3. The van der Waals surface area contributed by atoms with E-state index in [1.165, 1.54) is 5.56 Å². The number of hydrogen-bond donors (Lipinski definition) is 1. The predicted molar refractivity (Wildman–Crippen MR) is 72.1 cm³/mol. The molecule has 0 bridgehead atoms. The van der Waals surface area contributed by atoms with Gasteiger partial charge in [0.05, 0.1) is 18.5 Å². The minimum Gasteiger partial charge on any atom is -0.469 e. The van der Waals surface area contributed by atoms with Crippen LogP contribution >= 0.6 is 0 Å². The maximum Gasteiger partial charge on any atom is 0.101 e. The summed E-state index contributed by atoms with van der Waals surface area (Å²) in [7, 11) is 2.03. The van der Waals surface area contributed by atoms with Crippen molar-refractivity contribution in [1.82, 2.24) is 5.32 Å². The Hall–Kier alpha value is -0.840. The first-order valence-corrected chi connectivity index (χ1v) is 7.16. The van der Waals surface area contributed by atoms with Crippen molar-refractivity contribution in [2.75, 3.05) is 26.9 Å². The fourth-order valence-electron chi connectivity index (χ4n) is 3.51. The summed E-state index contributed by atoms with van der Waals surface area (Å²) < 4.78 is 17.0. The lowest BCUT2D eigenvalue weighted by Gasteiger charge is -2.40. The van der Waals surface area contributed by atoms with E-state index in [2.05, 4.69) is 11.4 Å². The van der Waals surface area contributed by atoms with Crippen molar-refractivity contribution in [1.29, 1.82) is 0 Å². The van der Waals surface area contributed by atoms with Crippen LogP contribution in [0, 0.1) is 12.8 Å². The zero-order chi connectivity index (χ0) is 13.3. The molecule has 2 aliphatic rings. The van der Waals surface area contributed by atoms with Gasteiger partial charge >= 0.3 is 0 Å². The van der Waals surface area contributed by atoms with Gasteiger partial charge in [0, 0.05) is 31.2 Å². The van der Waals surface area contributed by atoms with E-state index >= 15 is 0 Å². The number of ether oxygens (including phenoxy) is 2. The van der Waals surface area contributed by atoms with Gasteiger partial charge in [-0.25, -0.2) is 0 Å². The van der Waals surface area contributed by atoms with Crippen molar-refractivity contribution in [3.63, 3.8) is 0 Å². The Kier molecular flexibility index (Phi) is 3.65. The van der Waals surface area contributed by atoms with E-state index in [1.54, 1.807) is 0 Å². The Labute approximate surface area is 114 Å². The summed E-state index contributed by atoms with van der Waals surface area (Å²) in [6.45, 7) is 4.42. The maximum atomic E-state index is 6.02. The molecule has 2 fully saturated rings. The highest BCUT2D eigenvalue weighted by Crippen LogP contribution is 2.41. The smallest absolute Gasteiger partial charge is 0.101 e. The maximum absolute atomic E-state index is 6.02. The van der Waals surface area contributed by atoms with Gasteiger partial charge in [-0.2, -0.15) is 0 Å². The molecular formula is C15H23NO3. The second kappa shape index (κ2) is 5.27. The van der Waals surface area contributed by atoms with Crippen LogP contribution in [-0.4, -0.2) is 32.5 Å². The minimum absolute atomic E-state index is 0.0310. The van der Waals surface area contributed by atoms with E-state index in [-0.39, 0.29) is 5.60 Å². The van der Waals surface area contributed by atoms with Crippen LogP contribution in [0.3, 0.4) is 0 Å². The van der Waals surface area contributed by atoms with Crippen molar-refractivity contribution in [2.45, 2.75) is 37.8 Å². The van der Waals surface area contributed by atoms with Gasteiger partial charge in [-0.15, -0.1) is 0 Å². The van der Waals surface area contributed by atoms with Crippen LogP contribution < -0.4 is 5.32 Å². The summed E-state index contributed by atoms with van der Waals surface area (Å²) in [5.41, 5.74) is 1.22. The number of nitrogens with one attached hydrogen (secondary N) is 1. The summed E-state index contributed by atoms with van der Waals surface area (Å²) in [4.78, 5) is 0. The van der Waals surface area contributed by atoms with Gasteiger partial charge in [-0.05, 0) is 38.8 Å². The number of rotatable bonds is 3. The van der Waals surface area contributed by atoms with E-state index in [0.717, 1.165) is 44.8 Å². The first-order chi connectivity index (χ1) is 9.22. The van der Waals surface area contributed by atoms with Crippen molar-refractivity contribution in [3.8, 4) is 0 Å². The largest absolute Gasteiger partial charge is 0.469 e. The molecule has 2 saturated heterocycles. The van der Waals surface area contributed by atoms with E-state index < -0.39 is 0 Å². The summed E-state index contributed by atoms with van der Waals surface area (Å²) >= 11 is 0. The molecule has 3 rings (SSSR count). The molecule has 2 aliphatic heterocycles. The molecule has 1 aromatic rings. The fraction of sp³-hybridized carbons (Fsp3) is 0.733. The van der Waals surface area contributed by atoms with Crippen LogP contribution in [0.15, 0.2) is 16.7 Å². The van der Waals surface area contributed by atoms with Gasteiger partial charge in [0.15, 0.2) is 0 Å². The molecule has 4 nitrogen and oxygen atoms in total. The van der Waals surface area contributed by atoms with Crippen LogP contribution in [0.5, 0.6) is 0 Å². The van der Waals surface area contributed by atoms with Gasteiger partial charge in [-0.3, -0.25) is 0 Å². The molecule has 3 unspecified atom stereocenters. The van der Waals surface area contributed by atoms with Crippen molar-refractivity contribution >= 4 is 0 Å². The quantitative estimate of drug-likeness (QED) is 0.911. The van der Waals surface area contributed by atoms with Crippen LogP contribution in [0.1, 0.15) is 36.6 Å². The normalized spacial score (nSPS) is 32.8. The van der Waals surface area contributed by atoms with Crippen molar-refractivity contribution in [2.24, 2.45) is 5.92 Å². The van der Waals surface area contributed by atoms with Gasteiger partial charge in [0.1, 0.15) is 5.76 Å². The van der Waals surface area contributed by atoms with Crippen molar-refractivity contribution < 1.29 is 13.9 Å². The van der Waals surface area contributed by atoms with Gasteiger partial charge < -0.3 is 19.2 Å². The fourth-order valence-corrected chi connectivity index (χ4v) is 3.51. The molecule has 1 spiro atoms. The van der Waals surface area contributed by atoms with Crippen LogP contribution in [0.2, 0.25) is 0 Å². The summed E-state index contributed by atoms with van der Waals surface area (Å²) in [5, 5.41) is 3.45. The van der Waals surface area contributed by atoms with E-state index in [4.69, 9.17) is 13.9 Å². The van der Waals surface area contributed by atoms with Gasteiger partial charge in [0.25, 0.3) is 0 Å². The molecule has 106 valence electrons. The molecule has 4 heteroatoms. The molecule has 0 amide bonds. The average molecular weight is 265 g/mol. The SMILES string of the molecule is CNC(c1coc(C)c1)C1CCOC2(CCOC2)C1. The average Bonchev–Trinajstić information content (AvgIpc) is 3.01. The lowest BCUT2D eigenvalue weighted by Crippen LogP contribution is -2.43. The predicted octanol–water partition coefficient (Wildman–Crippen LogP) is 2.43. The zero-order valence-corrected chi connectivity index (χ0v) is 11.8. The lowest BCUT2D eigenvalue weighted by molar-refractivity contribution is -0.103. The second-order valence-corrected chi connectivity index (χ2v) is 5.84. The summed E-state index contributed by atoms with van der Waals surface area (Å²) in [6, 6.07) is 2.48. The third kappa shape index (κ3) is 2.57. The molecule has 0 saturated carbocycles. The van der Waals surface area contributed by atoms with E-state index in [0.29, 0.717) is 12.0 Å². The summed E-state index contributed by atoms with van der Waals surface area (Å²) in [5.74, 6) is 1.55. The Morgan fingerprint density at radius 1 is 1.42 bits per heavy atom. The Morgan fingerprint density at radius 2 is 2.32 bits per heavy atom. The lowest BCUT2D eigenvalue weighted by atomic mass is 9.79. The number of hydrogen-bond acceptors (Lipinski definition) is 4. The molecular weight excluding hydrogens is 242 g/mol. The molecule has 0 aliphatic carbocycles. The third-order valence-electron chi connectivity index (χ3n) is 4.49. The molecule has 1 N–H and O–H groups in total. The Balaban J connectivity index is 1.76. The third-order valence-corrected chi connectivity index (χ3v) is 4.49. The monoisotopic (exact) mass is 265 g/mol. The number of furan rings is 1. The highest BCUT2D eigenvalue weighted by atomic mass is 16.6. The molecule has 0 radical (unpaired) electrons. The Morgan fingerprint density at radius 3 is 2.95 bits per heavy atom. The van der Waals surface area contributed by atoms with E-state index in [1.807, 2.05) is 20.2 Å². The van der Waals surface area contributed by atoms with Crippen LogP contribution in [0.4, 0.5) is 0 Å². The zero-order valence-electron chi connectivity index (χ0n) is 11.8.